The Labute approximate surface area is 245 Å². The topological polar surface area (TPSA) is 114 Å². The van der Waals surface area contributed by atoms with Gasteiger partial charge in [-0.15, -0.1) is 0 Å². The number of esters is 1. The highest BCUT2D eigenvalue weighted by Crippen LogP contribution is 2.25. The first-order valence-corrected chi connectivity index (χ1v) is 13.0. The number of halogens is 2. The second kappa shape index (κ2) is 13.9. The molecule has 0 radical (unpaired) electrons. The van der Waals surface area contributed by atoms with Crippen LogP contribution < -0.4 is 20.9 Å². The Balaban J connectivity index is 1.29. The van der Waals surface area contributed by atoms with E-state index in [1.807, 2.05) is 30.3 Å². The number of anilines is 1. The molecule has 41 heavy (non-hydrogen) atoms. The molecule has 0 spiro atoms. The largest absolute Gasteiger partial charge is 0.422 e. The number of carbonyl (C=O) groups excluding carboxylic acids is 4. The van der Waals surface area contributed by atoms with Crippen LogP contribution in [0.1, 0.15) is 31.8 Å². The van der Waals surface area contributed by atoms with E-state index in [1.54, 1.807) is 36.4 Å². The summed E-state index contributed by atoms with van der Waals surface area (Å²) in [5.74, 6) is -1.84. The van der Waals surface area contributed by atoms with Crippen LogP contribution in [0.4, 0.5) is 5.69 Å². The van der Waals surface area contributed by atoms with Crippen LogP contribution in [0.2, 0.25) is 10.0 Å². The third kappa shape index (κ3) is 8.53. The molecule has 4 aromatic rings. The molecule has 0 aliphatic rings. The van der Waals surface area contributed by atoms with E-state index in [-0.39, 0.29) is 34.2 Å². The average Bonchev–Trinajstić information content (AvgIpc) is 2.96. The van der Waals surface area contributed by atoms with E-state index in [4.69, 9.17) is 27.9 Å². The summed E-state index contributed by atoms with van der Waals surface area (Å²) in [6.07, 6.45) is 2.83. The lowest BCUT2D eigenvalue weighted by atomic mass is 10.1. The van der Waals surface area contributed by atoms with Crippen LogP contribution in [0.5, 0.6) is 5.75 Å². The summed E-state index contributed by atoms with van der Waals surface area (Å²) in [6, 6.07) is 26.6. The number of benzene rings is 4. The van der Waals surface area contributed by atoms with Crippen molar-refractivity contribution in [1.82, 2.24) is 10.9 Å². The molecular formula is C31H23Cl2N3O5. The molecule has 3 N–H and O–H groups in total. The van der Waals surface area contributed by atoms with Crippen molar-refractivity contribution in [3.63, 3.8) is 0 Å². The quantitative estimate of drug-likeness (QED) is 0.103. The van der Waals surface area contributed by atoms with Crippen LogP contribution >= 0.6 is 23.2 Å². The van der Waals surface area contributed by atoms with Crippen LogP contribution in [0, 0.1) is 0 Å². The van der Waals surface area contributed by atoms with Gasteiger partial charge in [-0.25, -0.2) is 4.79 Å². The van der Waals surface area contributed by atoms with Gasteiger partial charge in [0.25, 0.3) is 11.8 Å². The van der Waals surface area contributed by atoms with Crippen molar-refractivity contribution in [2.24, 2.45) is 0 Å². The van der Waals surface area contributed by atoms with Crippen molar-refractivity contribution in [3.05, 3.63) is 135 Å². The number of para-hydroxylation sites is 1. The normalized spacial score (nSPS) is 10.6. The number of rotatable bonds is 8. The number of amides is 3. The Kier molecular flexibility index (Phi) is 9.88. The molecule has 0 saturated heterocycles. The van der Waals surface area contributed by atoms with Crippen LogP contribution in [-0.2, 0) is 16.0 Å². The first kappa shape index (κ1) is 29.1. The molecule has 0 aliphatic heterocycles. The molecule has 4 rings (SSSR count). The smallest absolute Gasteiger partial charge is 0.345 e. The van der Waals surface area contributed by atoms with Crippen molar-refractivity contribution in [2.75, 3.05) is 5.32 Å². The lowest BCUT2D eigenvalue weighted by molar-refractivity contribution is -0.117. The zero-order valence-electron chi connectivity index (χ0n) is 21.4. The number of hydrogen-bond acceptors (Lipinski definition) is 5. The fourth-order valence-corrected chi connectivity index (χ4v) is 4.10. The third-order valence-corrected chi connectivity index (χ3v) is 6.17. The Morgan fingerprint density at radius 3 is 2.22 bits per heavy atom. The molecule has 0 aromatic heterocycles. The van der Waals surface area contributed by atoms with E-state index in [0.29, 0.717) is 16.3 Å². The van der Waals surface area contributed by atoms with Gasteiger partial charge in [0.1, 0.15) is 5.75 Å². The van der Waals surface area contributed by atoms with E-state index < -0.39 is 17.8 Å². The lowest BCUT2D eigenvalue weighted by Gasteiger charge is -2.09. The molecule has 3 amide bonds. The minimum atomic E-state index is -0.689. The maximum absolute atomic E-state index is 12.6. The standard InChI is InChI=1S/C31H23Cl2N3O5/c32-23-13-16-25(26(33)19-23)31(40)41-27-9-5-4-8-21(27)12-17-28(37)35-36-30(39)22-10-14-24(15-11-22)34-29(38)18-20-6-2-1-3-7-20/h1-17,19H,18H2,(H,34,38)(H,35,37)(H,36,39)/b17-12+. The lowest BCUT2D eigenvalue weighted by Crippen LogP contribution is -2.40. The van der Waals surface area contributed by atoms with E-state index in [1.165, 1.54) is 42.5 Å². The molecule has 0 heterocycles. The van der Waals surface area contributed by atoms with Crippen LogP contribution in [0.15, 0.2) is 103 Å². The number of hydrogen-bond donors (Lipinski definition) is 3. The number of carbonyl (C=O) groups is 4. The van der Waals surface area contributed by atoms with Crippen molar-refractivity contribution < 1.29 is 23.9 Å². The molecule has 8 nitrogen and oxygen atoms in total. The summed E-state index contributed by atoms with van der Waals surface area (Å²) in [5, 5.41) is 3.31. The second-order valence-corrected chi connectivity index (χ2v) is 9.46. The summed E-state index contributed by atoms with van der Waals surface area (Å²) in [5.41, 5.74) is 6.88. The van der Waals surface area contributed by atoms with Crippen LogP contribution in [0.25, 0.3) is 6.08 Å². The molecule has 0 bridgehead atoms. The average molecular weight is 588 g/mol. The van der Waals surface area contributed by atoms with Gasteiger partial charge in [-0.05, 0) is 60.2 Å². The Bertz CT molecular complexity index is 1610. The first-order chi connectivity index (χ1) is 19.8. The fraction of sp³-hybridized carbons (Fsp3) is 0.0323. The molecule has 0 atom stereocenters. The van der Waals surface area contributed by atoms with Crippen LogP contribution in [-0.4, -0.2) is 23.7 Å². The minimum Gasteiger partial charge on any atom is -0.422 e. The Hall–Kier alpha value is -4.92. The SMILES string of the molecule is O=C(/C=C/c1ccccc1OC(=O)c1ccc(Cl)cc1Cl)NNC(=O)c1ccc(NC(=O)Cc2ccccc2)cc1. The van der Waals surface area contributed by atoms with Gasteiger partial charge >= 0.3 is 5.97 Å². The second-order valence-electron chi connectivity index (χ2n) is 8.62. The number of nitrogens with one attached hydrogen (secondary N) is 3. The number of ether oxygens (including phenoxy) is 1. The van der Waals surface area contributed by atoms with E-state index in [9.17, 15) is 19.2 Å². The van der Waals surface area contributed by atoms with Gasteiger partial charge in [-0.3, -0.25) is 25.2 Å². The molecule has 206 valence electrons. The van der Waals surface area contributed by atoms with Crippen molar-refractivity contribution >= 4 is 58.7 Å². The highest BCUT2D eigenvalue weighted by molar-refractivity contribution is 6.36. The summed E-state index contributed by atoms with van der Waals surface area (Å²) in [6.45, 7) is 0. The summed E-state index contributed by atoms with van der Waals surface area (Å²) in [7, 11) is 0. The van der Waals surface area contributed by atoms with Crippen LogP contribution in [0.3, 0.4) is 0 Å². The summed E-state index contributed by atoms with van der Waals surface area (Å²) < 4.78 is 5.46. The van der Waals surface area contributed by atoms with Crippen molar-refractivity contribution in [3.8, 4) is 5.75 Å². The van der Waals surface area contributed by atoms with Gasteiger partial charge in [0.05, 0.1) is 17.0 Å². The molecule has 0 saturated carbocycles. The summed E-state index contributed by atoms with van der Waals surface area (Å²) >= 11 is 12.0. The van der Waals surface area contributed by atoms with E-state index >= 15 is 0 Å². The predicted molar refractivity (Wildman–Crippen MR) is 158 cm³/mol. The maximum Gasteiger partial charge on any atom is 0.345 e. The Morgan fingerprint density at radius 1 is 0.780 bits per heavy atom. The molecular weight excluding hydrogens is 565 g/mol. The summed E-state index contributed by atoms with van der Waals surface area (Å²) in [4.78, 5) is 49.6. The van der Waals surface area contributed by atoms with Crippen molar-refractivity contribution in [2.45, 2.75) is 6.42 Å². The maximum atomic E-state index is 12.6. The molecule has 0 aliphatic carbocycles. The molecule has 0 fully saturated rings. The van der Waals surface area contributed by atoms with Gasteiger partial charge in [-0.1, -0.05) is 71.7 Å². The fourth-order valence-electron chi connectivity index (χ4n) is 3.61. The van der Waals surface area contributed by atoms with Gasteiger partial charge in [0.2, 0.25) is 5.91 Å². The first-order valence-electron chi connectivity index (χ1n) is 12.3. The van der Waals surface area contributed by atoms with Gasteiger partial charge in [0, 0.05) is 27.9 Å². The number of hydrazine groups is 1. The van der Waals surface area contributed by atoms with Gasteiger partial charge in [-0.2, -0.15) is 0 Å². The van der Waals surface area contributed by atoms with Crippen molar-refractivity contribution in [1.29, 1.82) is 0 Å². The molecule has 4 aromatic carbocycles. The highest BCUT2D eigenvalue weighted by atomic mass is 35.5. The Morgan fingerprint density at radius 2 is 1.49 bits per heavy atom. The monoisotopic (exact) mass is 587 g/mol. The zero-order chi connectivity index (χ0) is 29.2. The van der Waals surface area contributed by atoms with Gasteiger partial charge in [0.15, 0.2) is 0 Å². The minimum absolute atomic E-state index is 0.137. The van der Waals surface area contributed by atoms with Gasteiger partial charge < -0.3 is 10.1 Å². The zero-order valence-corrected chi connectivity index (χ0v) is 22.9. The predicted octanol–water partition coefficient (Wildman–Crippen LogP) is 5.87. The van der Waals surface area contributed by atoms with E-state index in [2.05, 4.69) is 16.2 Å². The highest BCUT2D eigenvalue weighted by Gasteiger charge is 2.15. The third-order valence-electron chi connectivity index (χ3n) is 5.62. The molecule has 0 unspecified atom stereocenters. The molecule has 10 heteroatoms. The van der Waals surface area contributed by atoms with E-state index in [0.717, 1.165) is 5.56 Å².